The van der Waals surface area contributed by atoms with Gasteiger partial charge in [-0.3, -0.25) is 9.79 Å². The molecule has 0 fully saturated rings. The molecule has 0 aliphatic rings. The van der Waals surface area contributed by atoms with Crippen LogP contribution in [-0.4, -0.2) is 34.8 Å². The number of aliphatic hydroxyl groups is 1. The van der Waals surface area contributed by atoms with Crippen LogP contribution in [0.4, 0.5) is 17.3 Å². The molecule has 0 atom stereocenters. The van der Waals surface area contributed by atoms with Gasteiger partial charge in [0.1, 0.15) is 11.5 Å². The number of H-pyrrole nitrogens is 1. The van der Waals surface area contributed by atoms with Crippen molar-refractivity contribution < 1.29 is 9.90 Å². The Morgan fingerprint density at radius 3 is 2.75 bits per heavy atom. The van der Waals surface area contributed by atoms with Gasteiger partial charge in [0.2, 0.25) is 6.41 Å². The molecule has 1 amide bonds. The number of anilines is 2. The summed E-state index contributed by atoms with van der Waals surface area (Å²) in [5.74, 6) is 0.578. The van der Waals surface area contributed by atoms with E-state index in [-0.39, 0.29) is 12.4 Å². The van der Waals surface area contributed by atoms with Crippen LogP contribution in [0, 0.1) is 0 Å². The van der Waals surface area contributed by atoms with Crippen LogP contribution in [-0.2, 0) is 4.79 Å². The highest BCUT2D eigenvalue weighted by molar-refractivity contribution is 5.92. The smallest absolute Gasteiger partial charge is 0.212 e. The fraction of sp³-hybridized carbons (Fsp3) is 0.118. The molecule has 0 unspecified atom stereocenters. The largest absolute Gasteiger partial charge is 0.397 e. The van der Waals surface area contributed by atoms with Crippen molar-refractivity contribution in [2.45, 2.75) is 6.92 Å². The molecule has 3 rings (SSSR count). The first kappa shape index (κ1) is 17.2. The van der Waals surface area contributed by atoms with E-state index in [1.165, 1.54) is 0 Å². The van der Waals surface area contributed by atoms with E-state index >= 15 is 0 Å². The second-order valence-corrected chi connectivity index (χ2v) is 4.80. The SMILES string of the molecule is C=Nc1c(-c2cc3ccccc3[nH]2)cc(NC=O)nc1N.CCO. The molecule has 3 aromatic rings. The normalized spacial score (nSPS) is 9.92. The second-order valence-electron chi connectivity index (χ2n) is 4.80. The number of aromatic nitrogens is 2. The number of carbonyl (C=O) groups excluding carboxylic acids is 1. The molecule has 5 N–H and O–H groups in total. The third kappa shape index (κ3) is 3.58. The number of aromatic amines is 1. The van der Waals surface area contributed by atoms with Crippen molar-refractivity contribution in [2.75, 3.05) is 17.7 Å². The standard InChI is InChI=1S/C15H13N5O.C2H6O/c1-17-14-10(7-13(18-8-21)20-15(14)16)12-6-9-4-2-3-5-11(9)19-12;1-2-3/h2-8,19H,1H2,(H3,16,18,20,21);3H,2H2,1H3. The van der Waals surface area contributed by atoms with Crippen LogP contribution in [0.5, 0.6) is 0 Å². The number of hydrogen-bond acceptors (Lipinski definition) is 5. The zero-order valence-corrected chi connectivity index (χ0v) is 13.3. The van der Waals surface area contributed by atoms with Crippen LogP contribution >= 0.6 is 0 Å². The molecule has 0 aliphatic heterocycles. The predicted molar refractivity (Wildman–Crippen MR) is 97.6 cm³/mol. The highest BCUT2D eigenvalue weighted by Crippen LogP contribution is 2.36. The van der Waals surface area contributed by atoms with Crippen molar-refractivity contribution in [3.63, 3.8) is 0 Å². The Hall–Kier alpha value is -3.19. The molecule has 1 aromatic carbocycles. The number of amides is 1. The lowest BCUT2D eigenvalue weighted by Gasteiger charge is -2.08. The second kappa shape index (κ2) is 7.89. The van der Waals surface area contributed by atoms with E-state index in [4.69, 9.17) is 10.8 Å². The van der Waals surface area contributed by atoms with Gasteiger partial charge in [-0.2, -0.15) is 0 Å². The highest BCUT2D eigenvalue weighted by atomic mass is 16.2. The van der Waals surface area contributed by atoms with Crippen LogP contribution in [0.3, 0.4) is 0 Å². The van der Waals surface area contributed by atoms with Crippen molar-refractivity contribution in [3.05, 3.63) is 36.4 Å². The molecule has 0 aliphatic carbocycles. The Morgan fingerprint density at radius 2 is 2.12 bits per heavy atom. The third-order valence-corrected chi connectivity index (χ3v) is 3.20. The van der Waals surface area contributed by atoms with Gasteiger partial charge in [-0.1, -0.05) is 18.2 Å². The molecule has 0 saturated heterocycles. The molecular weight excluding hydrogens is 306 g/mol. The summed E-state index contributed by atoms with van der Waals surface area (Å²) in [5.41, 5.74) is 8.94. The van der Waals surface area contributed by atoms with Gasteiger partial charge in [-0.05, 0) is 31.8 Å². The highest BCUT2D eigenvalue weighted by Gasteiger charge is 2.13. The lowest BCUT2D eigenvalue weighted by atomic mass is 10.1. The van der Waals surface area contributed by atoms with Crippen molar-refractivity contribution in [1.82, 2.24) is 9.97 Å². The fourth-order valence-electron chi connectivity index (χ4n) is 2.28. The van der Waals surface area contributed by atoms with Crippen molar-refractivity contribution >= 4 is 41.4 Å². The number of nitrogens with zero attached hydrogens (tertiary/aromatic N) is 2. The molecule has 7 heteroatoms. The van der Waals surface area contributed by atoms with Crippen LogP contribution in [0.1, 0.15) is 6.92 Å². The lowest BCUT2D eigenvalue weighted by molar-refractivity contribution is -0.105. The lowest BCUT2D eigenvalue weighted by Crippen LogP contribution is -2.01. The van der Waals surface area contributed by atoms with Crippen LogP contribution in [0.25, 0.3) is 22.2 Å². The topological polar surface area (TPSA) is 116 Å². The quantitative estimate of drug-likeness (QED) is 0.436. The number of nitrogens with two attached hydrogens (primary N) is 1. The number of para-hydroxylation sites is 1. The van der Waals surface area contributed by atoms with Gasteiger partial charge >= 0.3 is 0 Å². The summed E-state index contributed by atoms with van der Waals surface area (Å²) in [6.07, 6.45) is 0.553. The molecule has 0 spiro atoms. The van der Waals surface area contributed by atoms with Gasteiger partial charge in [0.05, 0.1) is 0 Å². The number of carbonyl (C=O) groups is 1. The number of aliphatic imine (C=N–C) groups is 1. The molecule has 24 heavy (non-hydrogen) atoms. The monoisotopic (exact) mass is 325 g/mol. The van der Waals surface area contributed by atoms with Crippen molar-refractivity contribution in [1.29, 1.82) is 0 Å². The molecule has 2 aromatic heterocycles. The molecule has 124 valence electrons. The first-order valence-electron chi connectivity index (χ1n) is 7.31. The van der Waals surface area contributed by atoms with Gasteiger partial charge in [-0.25, -0.2) is 4.98 Å². The Morgan fingerprint density at radius 1 is 1.42 bits per heavy atom. The molecule has 2 heterocycles. The van der Waals surface area contributed by atoms with Crippen LogP contribution in [0.15, 0.2) is 41.4 Å². The maximum absolute atomic E-state index is 10.6. The van der Waals surface area contributed by atoms with E-state index in [2.05, 4.69) is 27.0 Å². The number of fused-ring (bicyclic) bond motifs is 1. The Kier molecular flexibility index (Phi) is 5.64. The average molecular weight is 325 g/mol. The van der Waals surface area contributed by atoms with Gasteiger partial charge in [0, 0.05) is 28.8 Å². The number of nitrogen functional groups attached to an aromatic ring is 1. The first-order chi connectivity index (χ1) is 11.6. The number of rotatable bonds is 4. The molecule has 0 bridgehead atoms. The Balaban J connectivity index is 0.000000647. The zero-order valence-electron chi connectivity index (χ0n) is 13.3. The number of benzene rings is 1. The molecular formula is C17H19N5O2. The van der Waals surface area contributed by atoms with E-state index < -0.39 is 0 Å². The number of nitrogens with one attached hydrogen (secondary N) is 2. The number of hydrogen-bond donors (Lipinski definition) is 4. The van der Waals surface area contributed by atoms with E-state index in [0.29, 0.717) is 17.9 Å². The van der Waals surface area contributed by atoms with E-state index in [9.17, 15) is 4.79 Å². The van der Waals surface area contributed by atoms with E-state index in [0.717, 1.165) is 22.2 Å². The van der Waals surface area contributed by atoms with Crippen LogP contribution < -0.4 is 11.1 Å². The summed E-state index contributed by atoms with van der Waals surface area (Å²) in [4.78, 5) is 21.9. The van der Waals surface area contributed by atoms with E-state index in [1.54, 1.807) is 13.0 Å². The van der Waals surface area contributed by atoms with Crippen molar-refractivity contribution in [2.24, 2.45) is 4.99 Å². The summed E-state index contributed by atoms with van der Waals surface area (Å²) in [6, 6.07) is 11.6. The maximum Gasteiger partial charge on any atom is 0.212 e. The minimum absolute atomic E-state index is 0.213. The zero-order chi connectivity index (χ0) is 17.5. The first-order valence-corrected chi connectivity index (χ1v) is 7.31. The Labute approximate surface area is 139 Å². The fourth-order valence-corrected chi connectivity index (χ4v) is 2.28. The minimum atomic E-state index is 0.213. The van der Waals surface area contributed by atoms with Crippen LogP contribution in [0.2, 0.25) is 0 Å². The molecule has 0 saturated carbocycles. The van der Waals surface area contributed by atoms with E-state index in [1.807, 2.05) is 30.3 Å². The summed E-state index contributed by atoms with van der Waals surface area (Å²) in [5, 5.41) is 11.1. The molecule has 7 nitrogen and oxygen atoms in total. The van der Waals surface area contributed by atoms with Gasteiger partial charge < -0.3 is 21.1 Å². The molecule has 0 radical (unpaired) electrons. The summed E-state index contributed by atoms with van der Waals surface area (Å²) in [6.45, 7) is 5.46. The minimum Gasteiger partial charge on any atom is -0.397 e. The van der Waals surface area contributed by atoms with Gasteiger partial charge in [-0.15, -0.1) is 0 Å². The number of pyridine rings is 1. The predicted octanol–water partition coefficient (Wildman–Crippen LogP) is 2.71. The third-order valence-electron chi connectivity index (χ3n) is 3.20. The summed E-state index contributed by atoms with van der Waals surface area (Å²) >= 11 is 0. The Bertz CT molecular complexity index is 824. The van der Waals surface area contributed by atoms with Crippen molar-refractivity contribution in [3.8, 4) is 11.3 Å². The van der Waals surface area contributed by atoms with Gasteiger partial charge in [0.15, 0.2) is 5.82 Å². The average Bonchev–Trinajstić information content (AvgIpc) is 2.99. The maximum atomic E-state index is 10.6. The summed E-state index contributed by atoms with van der Waals surface area (Å²) in [7, 11) is 0. The number of aliphatic hydroxyl groups excluding tert-OH is 1. The summed E-state index contributed by atoms with van der Waals surface area (Å²) < 4.78 is 0. The van der Waals surface area contributed by atoms with Gasteiger partial charge in [0.25, 0.3) is 0 Å².